The van der Waals surface area contributed by atoms with E-state index in [1.54, 1.807) is 6.07 Å². The van der Waals surface area contributed by atoms with Crippen LogP contribution in [0.4, 0.5) is 5.82 Å². The van der Waals surface area contributed by atoms with Gasteiger partial charge in [-0.1, -0.05) is 86.3 Å². The minimum Gasteiger partial charge on any atom is -0.370 e. The van der Waals surface area contributed by atoms with Crippen molar-refractivity contribution < 1.29 is 17.5 Å². The summed E-state index contributed by atoms with van der Waals surface area (Å²) in [5.74, 6) is 1.19. The molecule has 8 nitrogen and oxygen atoms in total. The van der Waals surface area contributed by atoms with Crippen molar-refractivity contribution in [1.29, 1.82) is 0 Å². The molecule has 2 aromatic carbocycles. The number of aromatic nitrogens is 3. The van der Waals surface area contributed by atoms with Gasteiger partial charge in [-0.25, -0.2) is 9.97 Å². The Balaban J connectivity index is 1.32. The fourth-order valence-electron chi connectivity index (χ4n) is 5.22. The number of nitrogens with one attached hydrogen (secondary N) is 2. The van der Waals surface area contributed by atoms with Crippen molar-refractivity contribution in [3.63, 3.8) is 0 Å². The zero-order chi connectivity index (χ0) is 30.7. The number of hydrogen-bond acceptors (Lipinski definition) is 5. The van der Waals surface area contributed by atoms with Gasteiger partial charge >= 0.3 is 10.3 Å². The zero-order valence-electron chi connectivity index (χ0n) is 24.2. The highest BCUT2D eigenvalue weighted by molar-refractivity contribution is 7.83. The van der Waals surface area contributed by atoms with E-state index in [1.165, 1.54) is 12.0 Å². The van der Waals surface area contributed by atoms with Gasteiger partial charge in [0.05, 0.1) is 11.9 Å². The molecule has 0 fully saturated rings. The number of halogens is 2. The largest absolute Gasteiger partial charge is 0.370 e. The predicted molar refractivity (Wildman–Crippen MR) is 176 cm³/mol. The van der Waals surface area contributed by atoms with Crippen LogP contribution in [0.3, 0.4) is 0 Å². The number of anilines is 1. The van der Waals surface area contributed by atoms with E-state index < -0.39 is 10.3 Å². The van der Waals surface area contributed by atoms with Crippen LogP contribution in [-0.2, 0) is 16.8 Å². The smallest absolute Gasteiger partial charge is 0.333 e. The number of rotatable bonds is 16. The second-order valence-electron chi connectivity index (χ2n) is 10.5. The molecule has 2 heterocycles. The first-order valence-corrected chi connectivity index (χ1v) is 16.8. The fourth-order valence-corrected chi connectivity index (χ4v) is 5.98. The van der Waals surface area contributed by atoms with Gasteiger partial charge in [0.25, 0.3) is 0 Å². The molecule has 0 radical (unpaired) electrons. The highest BCUT2D eigenvalue weighted by Gasteiger charge is 2.13. The first-order valence-electron chi connectivity index (χ1n) is 14.6. The van der Waals surface area contributed by atoms with Crippen LogP contribution in [0.15, 0.2) is 66.9 Å². The van der Waals surface area contributed by atoms with E-state index in [-0.39, 0.29) is 11.8 Å². The summed E-state index contributed by atoms with van der Waals surface area (Å²) in [6, 6.07) is 20.6. The highest BCUT2D eigenvalue weighted by Crippen LogP contribution is 2.28. The second-order valence-corrected chi connectivity index (χ2v) is 12.4. The van der Waals surface area contributed by atoms with E-state index in [2.05, 4.69) is 69.4 Å². The predicted octanol–water partition coefficient (Wildman–Crippen LogP) is 7.34. The third kappa shape index (κ3) is 10.5. The molecule has 0 saturated carbocycles. The molecule has 11 heteroatoms. The number of hydrogen-bond donors (Lipinski definition) is 3. The Kier molecular flexibility index (Phi) is 12.3. The third-order valence-electron chi connectivity index (χ3n) is 7.30. The number of pyridine rings is 1. The van der Waals surface area contributed by atoms with Crippen LogP contribution in [0.1, 0.15) is 68.1 Å². The van der Waals surface area contributed by atoms with Crippen LogP contribution in [0.5, 0.6) is 0 Å². The normalized spacial score (nSPS) is 12.7. The van der Waals surface area contributed by atoms with Gasteiger partial charge in [-0.2, -0.15) is 17.7 Å². The van der Waals surface area contributed by atoms with E-state index in [0.717, 1.165) is 60.7 Å². The van der Waals surface area contributed by atoms with Gasteiger partial charge in [-0.15, -0.1) is 0 Å². The Labute approximate surface area is 264 Å². The quantitative estimate of drug-likeness (QED) is 0.0388. The van der Waals surface area contributed by atoms with Crippen molar-refractivity contribution in [2.24, 2.45) is 0 Å². The Hall–Kier alpha value is -3.08. The average molecular weight is 644 g/mol. The first-order chi connectivity index (χ1) is 20.7. The van der Waals surface area contributed by atoms with Gasteiger partial charge < -0.3 is 5.32 Å². The van der Waals surface area contributed by atoms with E-state index in [0.29, 0.717) is 23.4 Å². The topological polar surface area (TPSA) is 108 Å². The van der Waals surface area contributed by atoms with Gasteiger partial charge in [0.15, 0.2) is 12.7 Å². The maximum atomic E-state index is 11.0. The van der Waals surface area contributed by atoms with Gasteiger partial charge in [-0.05, 0) is 59.5 Å². The molecular weight excluding hydrogens is 605 g/mol. The van der Waals surface area contributed by atoms with Crippen LogP contribution in [0, 0.1) is 0 Å². The number of nitrogens with zero attached hydrogens (tertiary/aromatic N) is 3. The van der Waals surface area contributed by atoms with Crippen molar-refractivity contribution in [3.8, 4) is 0 Å². The van der Waals surface area contributed by atoms with Crippen molar-refractivity contribution >= 4 is 62.4 Å². The lowest BCUT2D eigenvalue weighted by atomic mass is 9.89. The van der Waals surface area contributed by atoms with Crippen LogP contribution >= 0.6 is 23.2 Å². The summed E-state index contributed by atoms with van der Waals surface area (Å²) in [7, 11) is -4.21. The number of fused-ring (bicyclic) bond motifs is 1. The Morgan fingerprint density at radius 2 is 1.74 bits per heavy atom. The van der Waals surface area contributed by atoms with E-state index in [4.69, 9.17) is 27.8 Å². The molecule has 4 rings (SSSR count). The zero-order valence-corrected chi connectivity index (χ0v) is 26.5. The molecule has 43 heavy (non-hydrogen) atoms. The minimum atomic E-state index is -4.21. The summed E-state index contributed by atoms with van der Waals surface area (Å²) in [6.45, 7) is 3.55. The van der Waals surface area contributed by atoms with Crippen LogP contribution < -0.4 is 14.6 Å². The molecular formula is C32H38Cl2N5O3S+. The Morgan fingerprint density at radius 1 is 0.953 bits per heavy atom. The van der Waals surface area contributed by atoms with Crippen molar-refractivity contribution in [2.75, 3.05) is 18.4 Å². The Morgan fingerprint density at radius 3 is 2.49 bits per heavy atom. The molecule has 0 amide bonds. The monoisotopic (exact) mass is 642 g/mol. The summed E-state index contributed by atoms with van der Waals surface area (Å²) in [5.41, 5.74) is 4.57. The molecule has 0 bridgehead atoms. The Bertz CT molecular complexity index is 1610. The molecule has 1 unspecified atom stereocenters. The number of para-hydroxylation sites is 1. The molecule has 0 saturated heterocycles. The minimum absolute atomic E-state index is 0.0980. The van der Waals surface area contributed by atoms with Crippen LogP contribution in [0.25, 0.3) is 23.1 Å². The van der Waals surface area contributed by atoms with Gasteiger partial charge in [0.1, 0.15) is 11.0 Å². The van der Waals surface area contributed by atoms with Crippen LogP contribution in [-0.4, -0.2) is 36.0 Å². The first kappa shape index (κ1) is 32.8. The standard InChI is InChI=1S/C32H37Cl2N5O3S/c1-2-8-25(9-4-3-7-19-35-31-23-30(33)37-32(34)38-31)26-15-12-24(13-16-26)14-17-27-18-21-39(22-20-36-43(40,41)42)29-11-6-5-10-28(27)29/h5-6,10-18,21,23,25,36H,2-4,7-9,19-20,22H2,1H3,(H-,35,37,38,40,41,42)/p+1. The molecule has 0 spiro atoms. The van der Waals surface area contributed by atoms with Gasteiger partial charge in [0.2, 0.25) is 10.8 Å². The van der Waals surface area contributed by atoms with E-state index in [1.807, 2.05) is 35.0 Å². The SMILES string of the molecule is CCCC(CCCCCNc1cc(Cl)nc(Cl)n1)c1ccc(C=Cc2cc[n+](CCNS(=O)(=O)O)c3ccccc23)cc1. The van der Waals surface area contributed by atoms with E-state index in [9.17, 15) is 8.42 Å². The van der Waals surface area contributed by atoms with Crippen molar-refractivity contribution in [2.45, 2.75) is 57.9 Å². The third-order valence-corrected chi connectivity index (χ3v) is 8.23. The van der Waals surface area contributed by atoms with Gasteiger partial charge in [0, 0.05) is 24.7 Å². The summed E-state index contributed by atoms with van der Waals surface area (Å²) in [5, 5.41) is 4.81. The number of unbranched alkanes of at least 4 members (excludes halogenated alkanes) is 2. The molecule has 1 atom stereocenters. The lowest BCUT2D eigenvalue weighted by Gasteiger charge is -2.17. The highest BCUT2D eigenvalue weighted by atomic mass is 35.5. The molecule has 0 aliphatic heterocycles. The van der Waals surface area contributed by atoms with Crippen LogP contribution in [0.2, 0.25) is 10.4 Å². The molecule has 0 aliphatic carbocycles. The van der Waals surface area contributed by atoms with Gasteiger partial charge in [-0.3, -0.25) is 4.55 Å². The van der Waals surface area contributed by atoms with Crippen molar-refractivity contribution in [3.05, 3.63) is 94.0 Å². The molecule has 228 valence electrons. The van der Waals surface area contributed by atoms with Crippen molar-refractivity contribution in [1.82, 2.24) is 14.7 Å². The lowest BCUT2D eigenvalue weighted by molar-refractivity contribution is -0.669. The summed E-state index contributed by atoms with van der Waals surface area (Å²) in [6.07, 6.45) is 13.0. The molecule has 0 aliphatic rings. The molecule has 2 aromatic heterocycles. The fraction of sp³-hybridized carbons (Fsp3) is 0.344. The lowest BCUT2D eigenvalue weighted by Crippen LogP contribution is -2.40. The maximum absolute atomic E-state index is 11.0. The van der Waals surface area contributed by atoms with E-state index >= 15 is 0 Å². The maximum Gasteiger partial charge on any atom is 0.333 e. The second kappa shape index (κ2) is 16.1. The summed E-state index contributed by atoms with van der Waals surface area (Å²) >= 11 is 11.8. The average Bonchev–Trinajstić information content (AvgIpc) is 2.97. The summed E-state index contributed by atoms with van der Waals surface area (Å²) in [4.78, 5) is 8.01. The number of benzene rings is 2. The molecule has 3 N–H and O–H groups in total. The molecule has 4 aromatic rings. The summed E-state index contributed by atoms with van der Waals surface area (Å²) < 4.78 is 35.0.